The molecule has 0 aliphatic carbocycles. The first-order chi connectivity index (χ1) is 11.0. The third-order valence-corrected chi connectivity index (χ3v) is 3.61. The molecular weight excluding hydrogens is 290 g/mol. The van der Waals surface area contributed by atoms with Gasteiger partial charge in [0.05, 0.1) is 11.8 Å². The summed E-state index contributed by atoms with van der Waals surface area (Å²) in [5, 5.41) is 2.90. The Hall–Kier alpha value is -2.63. The molecule has 3 rings (SSSR count). The quantitative estimate of drug-likeness (QED) is 0.805. The molecule has 1 N–H and O–H groups in total. The van der Waals surface area contributed by atoms with Crippen molar-refractivity contribution in [2.75, 3.05) is 0 Å². The van der Waals surface area contributed by atoms with Crippen LogP contribution >= 0.6 is 0 Å². The molecule has 0 aliphatic rings. The minimum Gasteiger partial charge on any atom is -0.348 e. The number of carbonyl (C=O) groups excluding carboxylic acids is 1. The van der Waals surface area contributed by atoms with Crippen molar-refractivity contribution in [1.82, 2.24) is 24.3 Å². The van der Waals surface area contributed by atoms with E-state index in [4.69, 9.17) is 0 Å². The van der Waals surface area contributed by atoms with Crippen LogP contribution in [0, 0.1) is 0 Å². The predicted octanol–water partition coefficient (Wildman–Crippen LogP) is 2.92. The Labute approximate surface area is 135 Å². The van der Waals surface area contributed by atoms with Crippen LogP contribution in [0.3, 0.4) is 0 Å². The highest BCUT2D eigenvalue weighted by Gasteiger charge is 2.20. The molecule has 0 aromatic carbocycles. The molecule has 0 radical (unpaired) electrons. The van der Waals surface area contributed by atoms with Gasteiger partial charge in [-0.25, -0.2) is 9.97 Å². The van der Waals surface area contributed by atoms with Crippen molar-refractivity contribution in [2.45, 2.75) is 39.8 Å². The zero-order valence-corrected chi connectivity index (χ0v) is 13.8. The molecule has 1 amide bonds. The Morgan fingerprint density at radius 1 is 1.22 bits per heavy atom. The lowest BCUT2D eigenvalue weighted by atomic mass is 10.3. The van der Waals surface area contributed by atoms with Crippen LogP contribution in [0.4, 0.5) is 0 Å². The zero-order valence-electron chi connectivity index (χ0n) is 13.8. The van der Waals surface area contributed by atoms with Crippen LogP contribution in [-0.2, 0) is 0 Å². The fraction of sp³-hybridized carbons (Fsp3) is 0.353. The number of pyridine rings is 1. The molecule has 3 heterocycles. The van der Waals surface area contributed by atoms with E-state index in [1.54, 1.807) is 6.33 Å². The molecule has 6 nitrogen and oxygen atoms in total. The Bertz CT molecular complexity index is 844. The van der Waals surface area contributed by atoms with Crippen LogP contribution in [0.5, 0.6) is 0 Å². The van der Waals surface area contributed by atoms with Gasteiger partial charge in [-0.1, -0.05) is 6.07 Å². The summed E-state index contributed by atoms with van der Waals surface area (Å²) in [6, 6.07) is 6.10. The molecule has 0 saturated carbocycles. The number of aromatic nitrogens is 4. The summed E-state index contributed by atoms with van der Waals surface area (Å²) in [4.78, 5) is 21.4. The van der Waals surface area contributed by atoms with Gasteiger partial charge < -0.3 is 9.88 Å². The summed E-state index contributed by atoms with van der Waals surface area (Å²) in [6.45, 7) is 8.05. The van der Waals surface area contributed by atoms with E-state index in [0.717, 1.165) is 11.2 Å². The molecular formula is C17H21N5O. The van der Waals surface area contributed by atoms with Gasteiger partial charge in [-0.3, -0.25) is 9.20 Å². The van der Waals surface area contributed by atoms with Gasteiger partial charge in [0.25, 0.3) is 5.91 Å². The molecule has 3 aromatic rings. The maximum Gasteiger partial charge on any atom is 0.272 e. The van der Waals surface area contributed by atoms with Gasteiger partial charge in [-0.05, 0) is 39.8 Å². The Kier molecular flexibility index (Phi) is 3.90. The van der Waals surface area contributed by atoms with Gasteiger partial charge in [0, 0.05) is 24.5 Å². The van der Waals surface area contributed by atoms with Gasteiger partial charge in [0.2, 0.25) is 0 Å². The molecule has 0 atom stereocenters. The fourth-order valence-electron chi connectivity index (χ4n) is 2.45. The van der Waals surface area contributed by atoms with E-state index in [2.05, 4.69) is 29.1 Å². The second-order valence-electron chi connectivity index (χ2n) is 6.17. The lowest BCUT2D eigenvalue weighted by molar-refractivity contribution is 0.0940. The minimum atomic E-state index is -0.168. The maximum atomic E-state index is 12.4. The van der Waals surface area contributed by atoms with Crippen molar-refractivity contribution in [3.05, 3.63) is 42.6 Å². The lowest BCUT2D eigenvalue weighted by Gasteiger charge is -2.06. The topological polar surface area (TPSA) is 64.2 Å². The number of hydrogen-bond donors (Lipinski definition) is 1. The number of nitrogens with zero attached hydrogens (tertiary/aromatic N) is 4. The lowest BCUT2D eigenvalue weighted by Crippen LogP contribution is -2.30. The maximum absolute atomic E-state index is 12.4. The summed E-state index contributed by atoms with van der Waals surface area (Å²) in [6.07, 6.45) is 5.65. The molecule has 3 aromatic heterocycles. The van der Waals surface area contributed by atoms with Crippen LogP contribution in [0.2, 0.25) is 0 Å². The molecule has 120 valence electrons. The molecule has 6 heteroatoms. The number of hydrogen-bond acceptors (Lipinski definition) is 3. The highest BCUT2D eigenvalue weighted by molar-refractivity contribution is 6.00. The van der Waals surface area contributed by atoms with Crippen LogP contribution in [-0.4, -0.2) is 30.9 Å². The second kappa shape index (κ2) is 5.87. The second-order valence-corrected chi connectivity index (χ2v) is 6.17. The molecule has 0 spiro atoms. The third kappa shape index (κ3) is 2.84. The molecule has 0 saturated heterocycles. The van der Waals surface area contributed by atoms with Crippen molar-refractivity contribution in [3.8, 4) is 11.5 Å². The number of imidazole rings is 2. The van der Waals surface area contributed by atoms with E-state index in [0.29, 0.717) is 17.6 Å². The molecule has 0 aliphatic heterocycles. The molecule has 0 unspecified atom stereocenters. The van der Waals surface area contributed by atoms with Crippen LogP contribution in [0.25, 0.3) is 17.0 Å². The number of rotatable bonds is 4. The SMILES string of the molecule is CC(C)NC(=O)c1nc(-c2cn(C(C)C)cn2)n2ccccc12. The summed E-state index contributed by atoms with van der Waals surface area (Å²) in [7, 11) is 0. The van der Waals surface area contributed by atoms with E-state index < -0.39 is 0 Å². The monoisotopic (exact) mass is 311 g/mol. The minimum absolute atomic E-state index is 0.0616. The van der Waals surface area contributed by atoms with Crippen molar-refractivity contribution in [3.63, 3.8) is 0 Å². The Morgan fingerprint density at radius 3 is 2.65 bits per heavy atom. The Balaban J connectivity index is 2.12. The van der Waals surface area contributed by atoms with Gasteiger partial charge in [0.15, 0.2) is 11.5 Å². The summed E-state index contributed by atoms with van der Waals surface area (Å²) < 4.78 is 3.93. The number of fused-ring (bicyclic) bond motifs is 1. The summed E-state index contributed by atoms with van der Waals surface area (Å²) in [5.41, 5.74) is 1.96. The number of amides is 1. The first-order valence-electron chi connectivity index (χ1n) is 7.79. The van der Waals surface area contributed by atoms with Gasteiger partial charge in [0.1, 0.15) is 5.69 Å². The van der Waals surface area contributed by atoms with Crippen molar-refractivity contribution >= 4 is 11.4 Å². The van der Waals surface area contributed by atoms with E-state index in [1.807, 2.05) is 53.4 Å². The standard InChI is InChI=1S/C17H21N5O/c1-11(2)19-17(23)15-14-7-5-6-8-22(14)16(20-15)13-9-21(10-18-13)12(3)4/h5-12H,1-4H3,(H,19,23). The van der Waals surface area contributed by atoms with Crippen LogP contribution in [0.1, 0.15) is 44.2 Å². The zero-order chi connectivity index (χ0) is 16.6. The van der Waals surface area contributed by atoms with E-state index in [-0.39, 0.29) is 11.9 Å². The number of nitrogens with one attached hydrogen (secondary N) is 1. The van der Waals surface area contributed by atoms with Gasteiger partial charge in [-0.15, -0.1) is 0 Å². The molecule has 0 bridgehead atoms. The summed E-state index contributed by atoms with van der Waals surface area (Å²) >= 11 is 0. The van der Waals surface area contributed by atoms with Crippen LogP contribution < -0.4 is 5.32 Å². The largest absolute Gasteiger partial charge is 0.348 e. The molecule has 23 heavy (non-hydrogen) atoms. The predicted molar refractivity (Wildman–Crippen MR) is 89.4 cm³/mol. The average molecular weight is 311 g/mol. The first kappa shape index (κ1) is 15.3. The van der Waals surface area contributed by atoms with Crippen LogP contribution in [0.15, 0.2) is 36.9 Å². The molecule has 0 fully saturated rings. The van der Waals surface area contributed by atoms with Gasteiger partial charge >= 0.3 is 0 Å². The van der Waals surface area contributed by atoms with Gasteiger partial charge in [-0.2, -0.15) is 0 Å². The number of carbonyl (C=O) groups is 1. The average Bonchev–Trinajstić information content (AvgIpc) is 3.11. The highest BCUT2D eigenvalue weighted by atomic mass is 16.2. The Morgan fingerprint density at radius 2 is 2.00 bits per heavy atom. The summed E-state index contributed by atoms with van der Waals surface area (Å²) in [5.74, 6) is 0.507. The normalized spacial score (nSPS) is 11.6. The van der Waals surface area contributed by atoms with E-state index in [1.165, 1.54) is 0 Å². The van der Waals surface area contributed by atoms with Crippen molar-refractivity contribution < 1.29 is 4.79 Å². The highest BCUT2D eigenvalue weighted by Crippen LogP contribution is 2.22. The first-order valence-corrected chi connectivity index (χ1v) is 7.79. The smallest absolute Gasteiger partial charge is 0.272 e. The van der Waals surface area contributed by atoms with E-state index >= 15 is 0 Å². The van der Waals surface area contributed by atoms with Crippen molar-refractivity contribution in [1.29, 1.82) is 0 Å². The fourth-order valence-corrected chi connectivity index (χ4v) is 2.45. The third-order valence-electron chi connectivity index (χ3n) is 3.61. The van der Waals surface area contributed by atoms with Crippen molar-refractivity contribution in [2.24, 2.45) is 0 Å². The van der Waals surface area contributed by atoms with E-state index in [9.17, 15) is 4.79 Å².